The summed E-state index contributed by atoms with van der Waals surface area (Å²) in [6.45, 7) is 3.20. The van der Waals surface area contributed by atoms with E-state index in [4.69, 9.17) is 21.5 Å². The van der Waals surface area contributed by atoms with Gasteiger partial charge in [-0.2, -0.15) is 13.2 Å². The molecule has 15 heteroatoms. The lowest BCUT2D eigenvalue weighted by molar-refractivity contribution is -0.192. The molecule has 0 unspecified atom stereocenters. The number of nitrogens with one attached hydrogen (secondary N) is 2. The van der Waals surface area contributed by atoms with E-state index in [0.29, 0.717) is 22.0 Å². The van der Waals surface area contributed by atoms with E-state index in [-0.39, 0.29) is 22.5 Å². The number of thiazole rings is 1. The summed E-state index contributed by atoms with van der Waals surface area (Å²) in [7, 11) is -3.67. The second kappa shape index (κ2) is 11.5. The molecule has 0 aliphatic heterocycles. The molecule has 2 aromatic heterocycles. The number of amides is 1. The Hall–Kier alpha value is -3.23. The molecule has 0 aliphatic carbocycles. The van der Waals surface area contributed by atoms with Crippen LogP contribution in [0.1, 0.15) is 18.2 Å². The average Bonchev–Trinajstić information content (AvgIpc) is 3.09. The molecule has 3 aromatic rings. The molecule has 0 atom stereocenters. The molecule has 188 valence electrons. The first-order valence-electron chi connectivity index (χ1n) is 9.43. The van der Waals surface area contributed by atoms with E-state index in [1.165, 1.54) is 24.5 Å². The van der Waals surface area contributed by atoms with Crippen LogP contribution in [0.5, 0.6) is 0 Å². The van der Waals surface area contributed by atoms with Crippen LogP contribution < -0.4 is 10.0 Å². The summed E-state index contributed by atoms with van der Waals surface area (Å²) in [5.74, 6) is -3.16. The molecule has 0 bridgehead atoms. The monoisotopic (exact) mass is 550 g/mol. The van der Waals surface area contributed by atoms with Crippen molar-refractivity contribution in [3.63, 3.8) is 0 Å². The van der Waals surface area contributed by atoms with E-state index in [2.05, 4.69) is 20.0 Å². The third-order valence-corrected chi connectivity index (χ3v) is 6.56. The minimum absolute atomic E-state index is 0.0460. The van der Waals surface area contributed by atoms with Gasteiger partial charge in [-0.1, -0.05) is 53.3 Å². The van der Waals surface area contributed by atoms with E-state index in [0.717, 1.165) is 4.88 Å². The molecule has 2 heterocycles. The minimum atomic E-state index is -5.08. The fourth-order valence-corrected chi connectivity index (χ4v) is 4.90. The van der Waals surface area contributed by atoms with Crippen molar-refractivity contribution in [1.82, 2.24) is 9.97 Å². The van der Waals surface area contributed by atoms with E-state index >= 15 is 0 Å². The van der Waals surface area contributed by atoms with Gasteiger partial charge in [-0.15, -0.1) is 0 Å². The Morgan fingerprint density at radius 3 is 2.34 bits per heavy atom. The first-order chi connectivity index (χ1) is 16.2. The van der Waals surface area contributed by atoms with E-state index in [9.17, 15) is 26.4 Å². The number of alkyl halides is 3. The fourth-order valence-electron chi connectivity index (χ4n) is 2.51. The first-order valence-corrected chi connectivity index (χ1v) is 12.3. The van der Waals surface area contributed by atoms with Crippen LogP contribution in [0.4, 0.5) is 24.0 Å². The number of carboxylic acid groups (broad SMARTS) is 1. The zero-order valence-corrected chi connectivity index (χ0v) is 20.4. The Bertz CT molecular complexity index is 1320. The summed E-state index contributed by atoms with van der Waals surface area (Å²) in [6, 6.07) is 10.5. The summed E-state index contributed by atoms with van der Waals surface area (Å²) in [4.78, 5) is 29.3. The molecule has 1 aromatic carbocycles. The second-order valence-corrected chi connectivity index (χ2v) is 9.91. The van der Waals surface area contributed by atoms with Crippen LogP contribution in [0.25, 0.3) is 10.4 Å². The maximum Gasteiger partial charge on any atom is 0.490 e. The van der Waals surface area contributed by atoms with Gasteiger partial charge in [0, 0.05) is 18.7 Å². The lowest BCUT2D eigenvalue weighted by Gasteiger charge is -2.10. The largest absolute Gasteiger partial charge is 0.490 e. The van der Waals surface area contributed by atoms with Crippen molar-refractivity contribution in [1.29, 1.82) is 0 Å². The number of halogens is 4. The highest BCUT2D eigenvalue weighted by molar-refractivity contribution is 7.91. The lowest BCUT2D eigenvalue weighted by Crippen LogP contribution is -2.21. The normalized spacial score (nSPS) is 11.3. The van der Waals surface area contributed by atoms with E-state index in [1.54, 1.807) is 37.3 Å². The van der Waals surface area contributed by atoms with Gasteiger partial charge < -0.3 is 10.4 Å². The van der Waals surface area contributed by atoms with Crippen LogP contribution in [0, 0.1) is 6.92 Å². The van der Waals surface area contributed by atoms with Crippen LogP contribution in [0.15, 0.2) is 42.6 Å². The van der Waals surface area contributed by atoms with E-state index < -0.39 is 22.2 Å². The second-order valence-electron chi connectivity index (χ2n) is 6.83. The van der Waals surface area contributed by atoms with Gasteiger partial charge in [-0.05, 0) is 18.6 Å². The van der Waals surface area contributed by atoms with Crippen LogP contribution in [0.3, 0.4) is 0 Å². The van der Waals surface area contributed by atoms with Gasteiger partial charge >= 0.3 is 12.1 Å². The molecule has 0 spiro atoms. The third-order valence-electron chi connectivity index (χ3n) is 3.89. The number of carbonyl (C=O) groups excluding carboxylic acids is 1. The summed E-state index contributed by atoms with van der Waals surface area (Å²) in [5, 5.41) is 10.3. The maximum atomic E-state index is 12.5. The number of aliphatic carboxylic acids is 1. The predicted octanol–water partition coefficient (Wildman–Crippen LogP) is 4.70. The first kappa shape index (κ1) is 28.0. The van der Waals surface area contributed by atoms with Crippen molar-refractivity contribution in [2.45, 2.75) is 25.8 Å². The molecule has 9 nitrogen and oxygen atoms in total. The van der Waals surface area contributed by atoms with Gasteiger partial charge in [-0.25, -0.2) is 23.2 Å². The number of nitrogens with zero attached hydrogens (tertiary/aromatic N) is 2. The molecule has 3 N–H and O–H groups in total. The summed E-state index contributed by atoms with van der Waals surface area (Å²) in [5.41, 5.74) is 2.18. The molecule has 3 rings (SSSR count). The molecule has 0 saturated heterocycles. The number of sulfonamides is 1. The zero-order chi connectivity index (χ0) is 26.4. The zero-order valence-electron chi connectivity index (χ0n) is 18.1. The van der Waals surface area contributed by atoms with Gasteiger partial charge in [0.1, 0.15) is 0 Å². The van der Waals surface area contributed by atoms with Crippen LogP contribution >= 0.6 is 22.9 Å². The molecule has 0 aliphatic rings. The number of benzene rings is 1. The van der Waals surface area contributed by atoms with Gasteiger partial charge in [0.25, 0.3) is 0 Å². The number of rotatable bonds is 6. The molecule has 0 saturated carbocycles. The number of carbonyl (C=O) groups is 2. The molecular weight excluding hydrogens is 533 g/mol. The van der Waals surface area contributed by atoms with Gasteiger partial charge in [-0.3, -0.25) is 9.52 Å². The van der Waals surface area contributed by atoms with Gasteiger partial charge in [0.05, 0.1) is 22.0 Å². The Balaban J connectivity index is 0.000000540. The van der Waals surface area contributed by atoms with Crippen molar-refractivity contribution < 1.29 is 36.3 Å². The molecular formula is C20H18ClF3N4O5S2. The quantitative estimate of drug-likeness (QED) is 0.378. The lowest BCUT2D eigenvalue weighted by atomic mass is 10.2. The van der Waals surface area contributed by atoms with Crippen molar-refractivity contribution in [3.8, 4) is 10.4 Å². The van der Waals surface area contributed by atoms with Crippen LogP contribution in [-0.4, -0.2) is 41.5 Å². The Kier molecular flexibility index (Phi) is 9.18. The Morgan fingerprint density at radius 1 is 1.20 bits per heavy atom. The highest BCUT2D eigenvalue weighted by Crippen LogP contribution is 2.35. The maximum absolute atomic E-state index is 12.5. The minimum Gasteiger partial charge on any atom is -0.475 e. The summed E-state index contributed by atoms with van der Waals surface area (Å²) >= 11 is 7.37. The van der Waals surface area contributed by atoms with Crippen LogP contribution in [-0.2, 0) is 25.4 Å². The topological polar surface area (TPSA) is 138 Å². The van der Waals surface area contributed by atoms with Crippen molar-refractivity contribution in [3.05, 3.63) is 59.0 Å². The van der Waals surface area contributed by atoms with Crippen molar-refractivity contribution >= 4 is 55.7 Å². The van der Waals surface area contributed by atoms with Gasteiger partial charge in [0.15, 0.2) is 10.3 Å². The number of aryl methyl sites for hydroxylation is 1. The highest BCUT2D eigenvalue weighted by Gasteiger charge is 2.38. The SMILES string of the molecule is CC(=O)Nc1nc(C)c(-c2cnc(Cl)c(NS(=O)(=O)Cc3ccccc3)c2)s1.O=C(O)C(F)(F)F. The average molecular weight is 551 g/mol. The third kappa shape index (κ3) is 8.81. The predicted molar refractivity (Wildman–Crippen MR) is 126 cm³/mol. The number of carboxylic acids is 1. The summed E-state index contributed by atoms with van der Waals surface area (Å²) < 4.78 is 59.2. The van der Waals surface area contributed by atoms with Crippen molar-refractivity contribution in [2.75, 3.05) is 10.0 Å². The number of hydrogen-bond donors (Lipinski definition) is 3. The standard InChI is InChI=1S/C18H17ClN4O3S2.C2HF3O2/c1-11-16(27-18(21-11)22-12(2)24)14-8-15(17(19)20-9-14)23-28(25,26)10-13-6-4-3-5-7-13;3-2(4,5)1(6)7/h3-9,23H,10H2,1-2H3,(H,21,22,24);(H,6,7). The molecule has 0 fully saturated rings. The smallest absolute Gasteiger partial charge is 0.475 e. The fraction of sp³-hybridized carbons (Fsp3) is 0.200. The van der Waals surface area contributed by atoms with E-state index in [1.807, 2.05) is 6.07 Å². The summed E-state index contributed by atoms with van der Waals surface area (Å²) in [6.07, 6.45) is -3.55. The number of pyridine rings is 1. The highest BCUT2D eigenvalue weighted by atomic mass is 35.5. The van der Waals surface area contributed by atoms with Crippen LogP contribution in [0.2, 0.25) is 5.15 Å². The number of aromatic nitrogens is 2. The number of hydrogen-bond acceptors (Lipinski definition) is 7. The molecule has 1 amide bonds. The Labute approximate surface area is 207 Å². The molecule has 35 heavy (non-hydrogen) atoms. The molecule has 0 radical (unpaired) electrons. The number of anilines is 2. The van der Waals surface area contributed by atoms with Crippen molar-refractivity contribution in [2.24, 2.45) is 0 Å². The van der Waals surface area contributed by atoms with Gasteiger partial charge in [0.2, 0.25) is 15.9 Å². The Morgan fingerprint density at radius 2 is 1.80 bits per heavy atom.